The van der Waals surface area contributed by atoms with Gasteiger partial charge in [-0.15, -0.1) is 12.6 Å². The van der Waals surface area contributed by atoms with Crippen LogP contribution >= 0.6 is 12.6 Å². The van der Waals surface area contributed by atoms with Gasteiger partial charge in [0.2, 0.25) is 5.12 Å². The van der Waals surface area contributed by atoms with E-state index in [4.69, 9.17) is 10.2 Å². The maximum absolute atomic E-state index is 10.3. The van der Waals surface area contributed by atoms with Gasteiger partial charge in [0.25, 0.3) is 0 Å². The zero-order valence-corrected chi connectivity index (χ0v) is 6.25. The van der Waals surface area contributed by atoms with E-state index in [-0.39, 0.29) is 0 Å². The molecule has 0 bridgehead atoms. The van der Waals surface area contributed by atoms with Crippen LogP contribution in [0.25, 0.3) is 0 Å². The van der Waals surface area contributed by atoms with Crippen molar-refractivity contribution in [1.82, 2.24) is 0 Å². The Morgan fingerprint density at radius 2 is 1.73 bits per heavy atom. The van der Waals surface area contributed by atoms with Gasteiger partial charge in [0.05, 0.1) is 6.42 Å². The monoisotopic (exact) mass is 178 g/mol. The summed E-state index contributed by atoms with van der Waals surface area (Å²) in [6.45, 7) is 0. The predicted octanol–water partition coefficient (Wildman–Crippen LogP) is -0.382. The molecule has 6 heteroatoms. The third-order valence-corrected chi connectivity index (χ3v) is 1.29. The van der Waals surface area contributed by atoms with Crippen molar-refractivity contribution in [1.29, 1.82) is 0 Å². The van der Waals surface area contributed by atoms with Crippen LogP contribution in [0.15, 0.2) is 0 Å². The summed E-state index contributed by atoms with van der Waals surface area (Å²) in [7, 11) is 0. The molecule has 0 spiro atoms. The minimum atomic E-state index is -1.55. The van der Waals surface area contributed by atoms with E-state index in [1.807, 2.05) is 0 Å². The van der Waals surface area contributed by atoms with Gasteiger partial charge in [-0.3, -0.25) is 14.4 Å². The van der Waals surface area contributed by atoms with Crippen LogP contribution in [0.5, 0.6) is 0 Å². The number of carbonyl (C=O) groups is 3. The molecule has 2 N–H and O–H groups in total. The molecule has 0 aromatic heterocycles. The van der Waals surface area contributed by atoms with Gasteiger partial charge in [-0.25, -0.2) is 0 Å². The number of carboxylic acid groups (broad SMARTS) is 2. The summed E-state index contributed by atoms with van der Waals surface area (Å²) >= 11 is 3.22. The van der Waals surface area contributed by atoms with Gasteiger partial charge < -0.3 is 10.2 Å². The second-order valence-electron chi connectivity index (χ2n) is 1.83. The molecule has 0 saturated carbocycles. The molecule has 0 aliphatic carbocycles. The van der Waals surface area contributed by atoms with Gasteiger partial charge in [0, 0.05) is 0 Å². The Kier molecular flexibility index (Phi) is 3.59. The lowest BCUT2D eigenvalue weighted by molar-refractivity contribution is -0.150. The van der Waals surface area contributed by atoms with Crippen LogP contribution in [-0.4, -0.2) is 27.3 Å². The molecule has 0 aromatic rings. The zero-order valence-electron chi connectivity index (χ0n) is 5.35. The maximum Gasteiger partial charge on any atom is 0.315 e. The second kappa shape index (κ2) is 3.97. The van der Waals surface area contributed by atoms with E-state index in [0.717, 1.165) is 0 Å². The van der Waals surface area contributed by atoms with Crippen LogP contribution in [0.3, 0.4) is 0 Å². The van der Waals surface area contributed by atoms with Gasteiger partial charge in [0.1, 0.15) is 5.92 Å². The van der Waals surface area contributed by atoms with E-state index in [1.165, 1.54) is 0 Å². The first-order valence-corrected chi connectivity index (χ1v) is 3.07. The molecule has 0 aliphatic heterocycles. The summed E-state index contributed by atoms with van der Waals surface area (Å²) in [4.78, 5) is 30.5. The highest BCUT2D eigenvalue weighted by Crippen LogP contribution is 2.07. The molecule has 0 fully saturated rings. The molecule has 0 saturated heterocycles. The first kappa shape index (κ1) is 9.96. The number of hydrogen-bond acceptors (Lipinski definition) is 3. The van der Waals surface area contributed by atoms with Gasteiger partial charge in [0.15, 0.2) is 0 Å². The standard InChI is InChI=1S/C5H6O5S/c6-3(7)1-2(4(8)9)5(10)11/h2H,1H2,(H,6,7)(H,8,9)(H,10,11). The average molecular weight is 178 g/mol. The first-order valence-electron chi connectivity index (χ1n) is 2.62. The number of aliphatic carboxylic acids is 2. The van der Waals surface area contributed by atoms with Crippen molar-refractivity contribution in [3.8, 4) is 0 Å². The molecule has 0 aromatic carbocycles. The van der Waals surface area contributed by atoms with Crippen LogP contribution < -0.4 is 0 Å². The molecule has 11 heavy (non-hydrogen) atoms. The van der Waals surface area contributed by atoms with Gasteiger partial charge in [-0.1, -0.05) is 0 Å². The molecule has 0 radical (unpaired) electrons. The third-order valence-electron chi connectivity index (χ3n) is 0.975. The van der Waals surface area contributed by atoms with Crippen molar-refractivity contribution in [2.75, 3.05) is 0 Å². The van der Waals surface area contributed by atoms with Gasteiger partial charge >= 0.3 is 11.9 Å². The Labute approximate surface area is 67.4 Å². The van der Waals surface area contributed by atoms with Crippen molar-refractivity contribution in [3.63, 3.8) is 0 Å². The van der Waals surface area contributed by atoms with Crippen molar-refractivity contribution in [3.05, 3.63) is 0 Å². The van der Waals surface area contributed by atoms with Crippen molar-refractivity contribution >= 4 is 29.7 Å². The number of carbonyl (C=O) groups excluding carboxylic acids is 1. The van der Waals surface area contributed by atoms with Gasteiger partial charge in [-0.05, 0) is 0 Å². The average Bonchev–Trinajstić information content (AvgIpc) is 1.81. The molecule has 62 valence electrons. The molecule has 0 rings (SSSR count). The highest BCUT2D eigenvalue weighted by atomic mass is 32.1. The summed E-state index contributed by atoms with van der Waals surface area (Å²) in [6.07, 6.45) is -0.725. The summed E-state index contributed by atoms with van der Waals surface area (Å²) in [5, 5.41) is 15.4. The molecule has 1 atom stereocenters. The van der Waals surface area contributed by atoms with Crippen LogP contribution in [0, 0.1) is 5.92 Å². The molecule has 5 nitrogen and oxygen atoms in total. The fourth-order valence-corrected chi connectivity index (χ4v) is 0.657. The quantitative estimate of drug-likeness (QED) is 0.403. The second-order valence-corrected chi connectivity index (χ2v) is 2.27. The van der Waals surface area contributed by atoms with E-state index < -0.39 is 29.4 Å². The van der Waals surface area contributed by atoms with Gasteiger partial charge in [-0.2, -0.15) is 0 Å². The Bertz CT molecular complexity index is 185. The number of carboxylic acids is 2. The lowest BCUT2D eigenvalue weighted by Gasteiger charge is -2.02. The molecule has 0 heterocycles. The smallest absolute Gasteiger partial charge is 0.315 e. The zero-order chi connectivity index (χ0) is 9.02. The van der Waals surface area contributed by atoms with Crippen molar-refractivity contribution < 1.29 is 24.6 Å². The van der Waals surface area contributed by atoms with Crippen molar-refractivity contribution in [2.24, 2.45) is 5.92 Å². The summed E-state index contributed by atoms with van der Waals surface area (Å²) in [6, 6.07) is 0. The van der Waals surface area contributed by atoms with E-state index in [9.17, 15) is 14.4 Å². The Balaban J connectivity index is 4.23. The van der Waals surface area contributed by atoms with Crippen LogP contribution in [0.1, 0.15) is 6.42 Å². The third kappa shape index (κ3) is 3.61. The molecule has 0 amide bonds. The van der Waals surface area contributed by atoms with E-state index in [1.54, 1.807) is 0 Å². The summed E-state index contributed by atoms with van der Waals surface area (Å²) in [5.41, 5.74) is 0. The minimum Gasteiger partial charge on any atom is -0.481 e. The highest BCUT2D eigenvalue weighted by molar-refractivity contribution is 7.96. The SMILES string of the molecule is O=C(O)CC(C(=O)O)C(=O)S. The van der Waals surface area contributed by atoms with Crippen molar-refractivity contribution in [2.45, 2.75) is 6.42 Å². The Morgan fingerprint density at radius 1 is 1.27 bits per heavy atom. The van der Waals surface area contributed by atoms with E-state index >= 15 is 0 Å². The lowest BCUT2D eigenvalue weighted by Crippen LogP contribution is -2.23. The van der Waals surface area contributed by atoms with E-state index in [2.05, 4.69) is 12.6 Å². The predicted molar refractivity (Wildman–Crippen MR) is 37.4 cm³/mol. The number of hydrogen-bond donors (Lipinski definition) is 3. The van der Waals surface area contributed by atoms with E-state index in [0.29, 0.717) is 0 Å². The summed E-state index contributed by atoms with van der Waals surface area (Å²) < 4.78 is 0. The molecule has 0 aliphatic rings. The molecular weight excluding hydrogens is 172 g/mol. The highest BCUT2D eigenvalue weighted by Gasteiger charge is 2.26. The topological polar surface area (TPSA) is 91.7 Å². The Morgan fingerprint density at radius 3 is 1.82 bits per heavy atom. The van der Waals surface area contributed by atoms with Crippen LogP contribution in [0.2, 0.25) is 0 Å². The maximum atomic E-state index is 10.3. The first-order chi connectivity index (χ1) is 4.95. The Hall–Kier alpha value is -1.04. The van der Waals surface area contributed by atoms with Crippen LogP contribution in [0.4, 0.5) is 0 Å². The largest absolute Gasteiger partial charge is 0.481 e. The lowest BCUT2D eigenvalue weighted by atomic mass is 10.1. The minimum absolute atomic E-state index is 0.725. The number of rotatable bonds is 4. The summed E-state index contributed by atoms with van der Waals surface area (Å²) in [5.74, 6) is -4.34. The fraction of sp³-hybridized carbons (Fsp3) is 0.400. The molecular formula is C5H6O5S. The fourth-order valence-electron chi connectivity index (χ4n) is 0.455. The molecule has 1 unspecified atom stereocenters. The van der Waals surface area contributed by atoms with Crippen LogP contribution in [-0.2, 0) is 14.4 Å². The number of thiol groups is 1. The normalized spacial score (nSPS) is 12.1.